The van der Waals surface area contributed by atoms with E-state index < -0.39 is 6.04 Å². The Bertz CT molecular complexity index is 470. The smallest absolute Gasteiger partial charge is 0.323 e. The molecule has 2 rings (SSSR count). The number of hydrogen-bond donors (Lipinski definition) is 1. The fourth-order valence-corrected chi connectivity index (χ4v) is 2.26. The van der Waals surface area contributed by atoms with Crippen molar-refractivity contribution in [2.75, 3.05) is 6.61 Å². The van der Waals surface area contributed by atoms with Crippen molar-refractivity contribution in [3.05, 3.63) is 28.8 Å². The van der Waals surface area contributed by atoms with Gasteiger partial charge in [-0.15, -0.1) is 0 Å². The van der Waals surface area contributed by atoms with Gasteiger partial charge in [-0.05, 0) is 49.6 Å². The molecule has 2 unspecified atom stereocenters. The maximum atomic E-state index is 11.4. The van der Waals surface area contributed by atoms with Crippen molar-refractivity contribution in [1.82, 2.24) is 0 Å². The molecule has 2 atom stereocenters. The standard InChI is InChI=1S/C14H19NO3/c1-4-17-12-6-8(2)10(5-9(12)3)13-7-11(15)14(16)18-13/h5-6,11,13H,4,7,15H2,1-3H3. The molecule has 1 aliphatic heterocycles. The molecule has 2 N–H and O–H groups in total. The normalized spacial score (nSPS) is 23.0. The Labute approximate surface area is 107 Å². The minimum atomic E-state index is -0.499. The summed E-state index contributed by atoms with van der Waals surface area (Å²) in [5.41, 5.74) is 8.81. The Hall–Kier alpha value is -1.55. The van der Waals surface area contributed by atoms with Gasteiger partial charge in [-0.2, -0.15) is 0 Å². The molecule has 0 bridgehead atoms. The first-order valence-electron chi connectivity index (χ1n) is 6.23. The Kier molecular flexibility index (Phi) is 3.57. The second kappa shape index (κ2) is 4.98. The first-order valence-corrected chi connectivity index (χ1v) is 6.23. The number of benzene rings is 1. The van der Waals surface area contributed by atoms with Crippen LogP contribution < -0.4 is 10.5 Å². The molecule has 1 saturated heterocycles. The summed E-state index contributed by atoms with van der Waals surface area (Å²) in [4.78, 5) is 11.4. The lowest BCUT2D eigenvalue weighted by Crippen LogP contribution is -2.24. The minimum Gasteiger partial charge on any atom is -0.494 e. The van der Waals surface area contributed by atoms with Crippen molar-refractivity contribution >= 4 is 5.97 Å². The van der Waals surface area contributed by atoms with Crippen LogP contribution in [0.4, 0.5) is 0 Å². The molecular weight excluding hydrogens is 230 g/mol. The fourth-order valence-electron chi connectivity index (χ4n) is 2.26. The Morgan fingerprint density at radius 1 is 1.39 bits per heavy atom. The van der Waals surface area contributed by atoms with E-state index in [4.69, 9.17) is 15.2 Å². The van der Waals surface area contributed by atoms with Crippen molar-refractivity contribution in [3.63, 3.8) is 0 Å². The summed E-state index contributed by atoms with van der Waals surface area (Å²) in [5.74, 6) is 0.568. The van der Waals surface area contributed by atoms with Crippen LogP contribution in [0, 0.1) is 13.8 Å². The van der Waals surface area contributed by atoms with E-state index in [2.05, 4.69) is 0 Å². The van der Waals surface area contributed by atoms with Gasteiger partial charge in [0.1, 0.15) is 17.9 Å². The van der Waals surface area contributed by atoms with Crippen LogP contribution >= 0.6 is 0 Å². The van der Waals surface area contributed by atoms with Crippen LogP contribution in [-0.2, 0) is 9.53 Å². The number of nitrogens with two attached hydrogens (primary N) is 1. The van der Waals surface area contributed by atoms with E-state index in [-0.39, 0.29) is 12.1 Å². The molecule has 1 aliphatic rings. The maximum Gasteiger partial charge on any atom is 0.323 e. The van der Waals surface area contributed by atoms with E-state index in [9.17, 15) is 4.79 Å². The number of ether oxygens (including phenoxy) is 2. The summed E-state index contributed by atoms with van der Waals surface area (Å²) in [6.45, 7) is 6.59. The predicted molar refractivity (Wildman–Crippen MR) is 68.5 cm³/mol. The van der Waals surface area contributed by atoms with E-state index in [0.29, 0.717) is 13.0 Å². The molecule has 98 valence electrons. The quantitative estimate of drug-likeness (QED) is 0.832. The number of rotatable bonds is 3. The average molecular weight is 249 g/mol. The zero-order valence-corrected chi connectivity index (χ0v) is 11.0. The molecule has 0 saturated carbocycles. The maximum absolute atomic E-state index is 11.4. The zero-order chi connectivity index (χ0) is 13.3. The van der Waals surface area contributed by atoms with Crippen molar-refractivity contribution in [2.24, 2.45) is 5.73 Å². The minimum absolute atomic E-state index is 0.220. The molecule has 1 aromatic carbocycles. The number of carbonyl (C=O) groups excluding carboxylic acids is 1. The number of esters is 1. The van der Waals surface area contributed by atoms with Gasteiger partial charge in [-0.3, -0.25) is 4.79 Å². The van der Waals surface area contributed by atoms with E-state index >= 15 is 0 Å². The van der Waals surface area contributed by atoms with Crippen LogP contribution in [0.3, 0.4) is 0 Å². The second-order valence-electron chi connectivity index (χ2n) is 4.68. The molecule has 1 heterocycles. The van der Waals surface area contributed by atoms with Gasteiger partial charge in [-0.1, -0.05) is 0 Å². The summed E-state index contributed by atoms with van der Waals surface area (Å²) < 4.78 is 10.8. The Balaban J connectivity index is 2.29. The number of hydrogen-bond acceptors (Lipinski definition) is 4. The first kappa shape index (κ1) is 12.9. The molecular formula is C14H19NO3. The summed E-state index contributed by atoms with van der Waals surface area (Å²) >= 11 is 0. The van der Waals surface area contributed by atoms with Gasteiger partial charge in [0, 0.05) is 6.42 Å². The second-order valence-corrected chi connectivity index (χ2v) is 4.68. The van der Waals surface area contributed by atoms with Crippen molar-refractivity contribution < 1.29 is 14.3 Å². The lowest BCUT2D eigenvalue weighted by Gasteiger charge is -2.16. The zero-order valence-electron chi connectivity index (χ0n) is 11.0. The van der Waals surface area contributed by atoms with Crippen molar-refractivity contribution in [3.8, 4) is 5.75 Å². The van der Waals surface area contributed by atoms with E-state index in [1.807, 2.05) is 32.9 Å². The van der Waals surface area contributed by atoms with Gasteiger partial charge in [-0.25, -0.2) is 0 Å². The Morgan fingerprint density at radius 2 is 2.11 bits per heavy atom. The third kappa shape index (κ3) is 2.34. The van der Waals surface area contributed by atoms with E-state index in [0.717, 1.165) is 22.4 Å². The summed E-state index contributed by atoms with van der Waals surface area (Å²) in [6.07, 6.45) is 0.328. The van der Waals surface area contributed by atoms with E-state index in [1.165, 1.54) is 0 Å². The molecule has 0 spiro atoms. The molecule has 0 aliphatic carbocycles. The number of cyclic esters (lactones) is 1. The van der Waals surface area contributed by atoms with Gasteiger partial charge in [0.2, 0.25) is 0 Å². The third-order valence-corrected chi connectivity index (χ3v) is 3.24. The van der Waals surface area contributed by atoms with Gasteiger partial charge in [0.05, 0.1) is 6.61 Å². The van der Waals surface area contributed by atoms with Gasteiger partial charge < -0.3 is 15.2 Å². The van der Waals surface area contributed by atoms with Gasteiger partial charge >= 0.3 is 5.97 Å². The molecule has 18 heavy (non-hydrogen) atoms. The highest BCUT2D eigenvalue weighted by atomic mass is 16.6. The summed E-state index contributed by atoms with van der Waals surface area (Å²) in [7, 11) is 0. The van der Waals surface area contributed by atoms with Crippen molar-refractivity contribution in [1.29, 1.82) is 0 Å². The van der Waals surface area contributed by atoms with Gasteiger partial charge in [0.15, 0.2) is 0 Å². The molecule has 4 nitrogen and oxygen atoms in total. The van der Waals surface area contributed by atoms with Gasteiger partial charge in [0.25, 0.3) is 0 Å². The summed E-state index contributed by atoms with van der Waals surface area (Å²) in [6, 6.07) is 3.52. The van der Waals surface area contributed by atoms with Crippen LogP contribution in [0.2, 0.25) is 0 Å². The molecule has 1 aromatic rings. The van der Waals surface area contributed by atoms with Crippen LogP contribution in [0.15, 0.2) is 12.1 Å². The van der Waals surface area contributed by atoms with Crippen molar-refractivity contribution in [2.45, 2.75) is 39.3 Å². The Morgan fingerprint density at radius 3 is 2.67 bits per heavy atom. The molecule has 0 radical (unpaired) electrons. The highest BCUT2D eigenvalue weighted by molar-refractivity contribution is 5.78. The molecule has 0 amide bonds. The van der Waals surface area contributed by atoms with E-state index in [1.54, 1.807) is 0 Å². The largest absolute Gasteiger partial charge is 0.494 e. The lowest BCUT2D eigenvalue weighted by molar-refractivity contribution is -0.142. The molecule has 4 heteroatoms. The van der Waals surface area contributed by atoms with Crippen LogP contribution in [0.5, 0.6) is 5.75 Å². The number of carbonyl (C=O) groups is 1. The topological polar surface area (TPSA) is 61.5 Å². The third-order valence-electron chi connectivity index (χ3n) is 3.24. The SMILES string of the molecule is CCOc1cc(C)c(C2CC(N)C(=O)O2)cc1C. The number of aryl methyl sites for hydroxylation is 2. The van der Waals surface area contributed by atoms with Crippen LogP contribution in [0.25, 0.3) is 0 Å². The molecule has 0 aromatic heterocycles. The fraction of sp³-hybridized carbons (Fsp3) is 0.500. The monoisotopic (exact) mass is 249 g/mol. The van der Waals surface area contributed by atoms with Crippen LogP contribution in [-0.4, -0.2) is 18.6 Å². The van der Waals surface area contributed by atoms with Crippen LogP contribution in [0.1, 0.15) is 36.1 Å². The predicted octanol–water partition coefficient (Wildman–Crippen LogP) is 2.02. The summed E-state index contributed by atoms with van der Waals surface area (Å²) in [5, 5.41) is 0. The molecule has 1 fully saturated rings. The first-order chi connectivity index (χ1) is 8.52. The average Bonchev–Trinajstić information content (AvgIpc) is 2.64. The highest BCUT2D eigenvalue weighted by Gasteiger charge is 2.33. The highest BCUT2D eigenvalue weighted by Crippen LogP contribution is 2.34. The lowest BCUT2D eigenvalue weighted by atomic mass is 9.97.